The number of hydrogen-bond acceptors (Lipinski definition) is 2. The number of hydrogen-bond donors (Lipinski definition) is 0. The van der Waals surface area contributed by atoms with E-state index in [4.69, 9.17) is 4.74 Å². The average Bonchev–Trinajstić information content (AvgIpc) is 2.74. The van der Waals surface area contributed by atoms with Crippen molar-refractivity contribution < 1.29 is 13.9 Å². The van der Waals surface area contributed by atoms with Gasteiger partial charge < -0.3 is 9.30 Å². The highest BCUT2D eigenvalue weighted by Crippen LogP contribution is 2.18. The molecule has 1 aromatic heterocycles. The predicted octanol–water partition coefficient (Wildman–Crippen LogP) is 3.83. The highest BCUT2D eigenvalue weighted by Gasteiger charge is 2.15. The van der Waals surface area contributed by atoms with Crippen LogP contribution in [0, 0.1) is 26.6 Å². The highest BCUT2D eigenvalue weighted by atomic mass is 19.1. The minimum absolute atomic E-state index is 0.0426. The minimum Gasteiger partial charge on any atom is -0.485 e. The van der Waals surface area contributed by atoms with Crippen LogP contribution in [0.15, 0.2) is 24.3 Å². The molecule has 0 fully saturated rings. The zero-order chi connectivity index (χ0) is 15.6. The smallest absolute Gasteiger partial charge is 0.202 e. The van der Waals surface area contributed by atoms with Gasteiger partial charge in [0.15, 0.2) is 6.61 Å². The molecule has 0 atom stereocenters. The van der Waals surface area contributed by atoms with E-state index in [0.717, 1.165) is 17.9 Å². The second-order valence-corrected chi connectivity index (χ2v) is 5.15. The molecule has 0 saturated heterocycles. The standard InChI is InChI=1S/C17H20FNO2/c1-5-19-12(3)9-15(13(19)4)17(20)10-21-14-6-7-16(18)11(2)8-14/h6-9H,5,10H2,1-4H3. The van der Waals surface area contributed by atoms with Crippen LogP contribution in [-0.2, 0) is 6.54 Å². The van der Waals surface area contributed by atoms with Gasteiger partial charge >= 0.3 is 0 Å². The van der Waals surface area contributed by atoms with Crippen LogP contribution >= 0.6 is 0 Å². The largest absolute Gasteiger partial charge is 0.485 e. The van der Waals surface area contributed by atoms with E-state index in [1.807, 2.05) is 26.8 Å². The number of aryl methyl sites for hydroxylation is 2. The molecule has 1 aromatic carbocycles. The summed E-state index contributed by atoms with van der Waals surface area (Å²) in [5, 5.41) is 0. The number of benzene rings is 1. The molecule has 0 N–H and O–H groups in total. The van der Waals surface area contributed by atoms with E-state index in [2.05, 4.69) is 4.57 Å². The van der Waals surface area contributed by atoms with Gasteiger partial charge in [-0.3, -0.25) is 4.79 Å². The summed E-state index contributed by atoms with van der Waals surface area (Å²) in [7, 11) is 0. The Hall–Kier alpha value is -2.10. The number of rotatable bonds is 5. The van der Waals surface area contributed by atoms with Gasteiger partial charge in [0, 0.05) is 23.5 Å². The van der Waals surface area contributed by atoms with E-state index < -0.39 is 0 Å². The molecule has 0 unspecified atom stereocenters. The Morgan fingerprint density at radius 1 is 1.24 bits per heavy atom. The van der Waals surface area contributed by atoms with E-state index in [0.29, 0.717) is 16.9 Å². The highest BCUT2D eigenvalue weighted by molar-refractivity contribution is 5.98. The molecule has 2 rings (SSSR count). The maximum Gasteiger partial charge on any atom is 0.202 e. The fourth-order valence-corrected chi connectivity index (χ4v) is 2.50. The summed E-state index contributed by atoms with van der Waals surface area (Å²) < 4.78 is 20.7. The molecule has 0 spiro atoms. The fraction of sp³-hybridized carbons (Fsp3) is 0.353. The molecule has 2 aromatic rings. The van der Waals surface area contributed by atoms with E-state index >= 15 is 0 Å². The van der Waals surface area contributed by atoms with Crippen LogP contribution in [-0.4, -0.2) is 17.0 Å². The number of carbonyl (C=O) groups excluding carboxylic acids is 1. The molecule has 1 heterocycles. The molecule has 0 amide bonds. The first kappa shape index (κ1) is 15.3. The monoisotopic (exact) mass is 289 g/mol. The number of halogens is 1. The van der Waals surface area contributed by atoms with Crippen molar-refractivity contribution in [2.24, 2.45) is 0 Å². The summed E-state index contributed by atoms with van der Waals surface area (Å²) in [6.07, 6.45) is 0. The summed E-state index contributed by atoms with van der Waals surface area (Å²) in [6, 6.07) is 6.36. The molecule has 0 radical (unpaired) electrons. The molecular formula is C17H20FNO2. The molecule has 0 aliphatic rings. The lowest BCUT2D eigenvalue weighted by molar-refractivity contribution is 0.0920. The third kappa shape index (κ3) is 3.15. The lowest BCUT2D eigenvalue weighted by Crippen LogP contribution is -2.13. The van der Waals surface area contributed by atoms with Crippen molar-refractivity contribution in [3.63, 3.8) is 0 Å². The van der Waals surface area contributed by atoms with Gasteiger partial charge in [0.1, 0.15) is 11.6 Å². The summed E-state index contributed by atoms with van der Waals surface area (Å²) in [5.41, 5.74) is 3.21. The topological polar surface area (TPSA) is 31.2 Å². The molecule has 0 aliphatic carbocycles. The first-order chi connectivity index (χ1) is 9.93. The van der Waals surface area contributed by atoms with E-state index in [9.17, 15) is 9.18 Å². The number of nitrogens with zero attached hydrogens (tertiary/aromatic N) is 1. The number of Topliss-reactive ketones (excluding diaryl/α,β-unsaturated/α-hetero) is 1. The Bertz CT molecular complexity index is 674. The third-order valence-electron chi connectivity index (χ3n) is 3.69. The lowest BCUT2D eigenvalue weighted by atomic mass is 10.1. The van der Waals surface area contributed by atoms with Gasteiger partial charge in [0.05, 0.1) is 0 Å². The van der Waals surface area contributed by atoms with Gasteiger partial charge in [-0.1, -0.05) is 0 Å². The molecular weight excluding hydrogens is 269 g/mol. The normalized spacial score (nSPS) is 10.7. The van der Waals surface area contributed by atoms with E-state index in [1.54, 1.807) is 13.0 Å². The van der Waals surface area contributed by atoms with Crippen molar-refractivity contribution >= 4 is 5.78 Å². The Kier molecular flexibility index (Phi) is 4.46. The van der Waals surface area contributed by atoms with Crippen LogP contribution in [0.4, 0.5) is 4.39 Å². The van der Waals surface area contributed by atoms with Crippen molar-refractivity contribution in [3.8, 4) is 5.75 Å². The van der Waals surface area contributed by atoms with Gasteiger partial charge in [-0.25, -0.2) is 4.39 Å². The van der Waals surface area contributed by atoms with Crippen molar-refractivity contribution in [1.82, 2.24) is 4.57 Å². The zero-order valence-corrected chi connectivity index (χ0v) is 12.9. The Morgan fingerprint density at radius 2 is 1.95 bits per heavy atom. The SMILES string of the molecule is CCn1c(C)cc(C(=O)COc2ccc(F)c(C)c2)c1C. The van der Waals surface area contributed by atoms with Crippen LogP contribution in [0.3, 0.4) is 0 Å². The van der Waals surface area contributed by atoms with Gasteiger partial charge in [0.2, 0.25) is 5.78 Å². The average molecular weight is 289 g/mol. The van der Waals surface area contributed by atoms with Crippen molar-refractivity contribution in [3.05, 3.63) is 52.6 Å². The third-order valence-corrected chi connectivity index (χ3v) is 3.69. The maximum atomic E-state index is 13.2. The maximum absolute atomic E-state index is 13.2. The van der Waals surface area contributed by atoms with Crippen molar-refractivity contribution in [2.75, 3.05) is 6.61 Å². The van der Waals surface area contributed by atoms with Crippen LogP contribution < -0.4 is 4.74 Å². The second-order valence-electron chi connectivity index (χ2n) is 5.15. The van der Waals surface area contributed by atoms with Gasteiger partial charge in [-0.15, -0.1) is 0 Å². The summed E-state index contributed by atoms with van der Waals surface area (Å²) >= 11 is 0. The molecule has 21 heavy (non-hydrogen) atoms. The zero-order valence-electron chi connectivity index (χ0n) is 12.9. The quantitative estimate of drug-likeness (QED) is 0.783. The number of ketones is 1. The molecule has 112 valence electrons. The summed E-state index contributed by atoms with van der Waals surface area (Å²) in [6.45, 7) is 8.43. The summed E-state index contributed by atoms with van der Waals surface area (Å²) in [4.78, 5) is 12.3. The molecule has 0 aliphatic heterocycles. The van der Waals surface area contributed by atoms with Crippen molar-refractivity contribution in [1.29, 1.82) is 0 Å². The second kappa shape index (κ2) is 6.12. The Balaban J connectivity index is 2.10. The van der Waals surface area contributed by atoms with Crippen LogP contribution in [0.5, 0.6) is 5.75 Å². The fourth-order valence-electron chi connectivity index (χ4n) is 2.50. The van der Waals surface area contributed by atoms with E-state index in [1.165, 1.54) is 12.1 Å². The number of carbonyl (C=O) groups is 1. The lowest BCUT2D eigenvalue weighted by Gasteiger charge is -2.08. The minimum atomic E-state index is -0.278. The van der Waals surface area contributed by atoms with Crippen LogP contribution in [0.1, 0.15) is 34.2 Å². The van der Waals surface area contributed by atoms with Gasteiger partial charge in [0.25, 0.3) is 0 Å². The first-order valence-electron chi connectivity index (χ1n) is 7.03. The van der Waals surface area contributed by atoms with Crippen LogP contribution in [0.2, 0.25) is 0 Å². The Labute approximate surface area is 124 Å². The molecule has 0 bridgehead atoms. The van der Waals surface area contributed by atoms with Gasteiger partial charge in [-0.2, -0.15) is 0 Å². The van der Waals surface area contributed by atoms with E-state index in [-0.39, 0.29) is 18.2 Å². The summed E-state index contributed by atoms with van der Waals surface area (Å²) in [5.74, 6) is 0.163. The first-order valence-corrected chi connectivity index (χ1v) is 7.03. The van der Waals surface area contributed by atoms with Gasteiger partial charge in [-0.05, 0) is 57.5 Å². The molecule has 3 nitrogen and oxygen atoms in total. The molecule has 0 saturated carbocycles. The predicted molar refractivity (Wildman–Crippen MR) is 80.5 cm³/mol. The van der Waals surface area contributed by atoms with Crippen molar-refractivity contribution in [2.45, 2.75) is 34.2 Å². The van der Waals surface area contributed by atoms with Crippen LogP contribution in [0.25, 0.3) is 0 Å². The molecule has 4 heteroatoms. The Morgan fingerprint density at radius 3 is 2.52 bits per heavy atom. The number of aromatic nitrogens is 1. The number of ether oxygens (including phenoxy) is 1.